The fraction of sp³-hybridized carbons (Fsp3) is 0.368. The van der Waals surface area contributed by atoms with Crippen molar-refractivity contribution in [2.45, 2.75) is 31.3 Å². The van der Waals surface area contributed by atoms with E-state index in [-0.39, 0.29) is 24.3 Å². The standard InChI is InChI=1S/C19H20N4O4S/c1-19(13-6-8-14(9-7-13)23(26)27)17(24)22(18(25)20-19)12-21-10-2-4-15(21)16-5-3-11-28-16/h3,5-9,11,15H,2,4,10,12H2,1H3,(H,20,25)/t15-,19-/m1/s1. The van der Waals surface area contributed by atoms with Gasteiger partial charge in [0.25, 0.3) is 11.6 Å². The van der Waals surface area contributed by atoms with Gasteiger partial charge in [-0.3, -0.25) is 19.8 Å². The minimum atomic E-state index is -1.23. The Morgan fingerprint density at radius 1 is 1.29 bits per heavy atom. The molecule has 2 aliphatic heterocycles. The van der Waals surface area contributed by atoms with E-state index >= 15 is 0 Å². The summed E-state index contributed by atoms with van der Waals surface area (Å²) in [6, 6.07) is 9.59. The molecule has 2 fully saturated rings. The first-order chi connectivity index (χ1) is 13.4. The smallest absolute Gasteiger partial charge is 0.319 e. The van der Waals surface area contributed by atoms with Crippen LogP contribution in [-0.2, 0) is 10.3 Å². The van der Waals surface area contributed by atoms with Crippen molar-refractivity contribution >= 4 is 29.0 Å². The topological polar surface area (TPSA) is 95.8 Å². The van der Waals surface area contributed by atoms with Crippen molar-refractivity contribution in [2.75, 3.05) is 13.2 Å². The molecule has 2 atom stereocenters. The first-order valence-corrected chi connectivity index (χ1v) is 9.94. The Kier molecular flexibility index (Phi) is 4.64. The summed E-state index contributed by atoms with van der Waals surface area (Å²) in [6.45, 7) is 2.69. The van der Waals surface area contributed by atoms with Crippen LogP contribution in [0.3, 0.4) is 0 Å². The van der Waals surface area contributed by atoms with Gasteiger partial charge in [-0.05, 0) is 48.9 Å². The van der Waals surface area contributed by atoms with E-state index in [1.165, 1.54) is 34.0 Å². The van der Waals surface area contributed by atoms with Crippen LogP contribution in [0.2, 0.25) is 0 Å². The highest BCUT2D eigenvalue weighted by Gasteiger charge is 2.50. The van der Waals surface area contributed by atoms with Crippen molar-refractivity contribution in [1.82, 2.24) is 15.1 Å². The summed E-state index contributed by atoms with van der Waals surface area (Å²) in [5.74, 6) is -0.344. The maximum atomic E-state index is 13.1. The Hall–Kier alpha value is -2.78. The van der Waals surface area contributed by atoms with Crippen molar-refractivity contribution < 1.29 is 14.5 Å². The molecule has 0 aliphatic carbocycles. The predicted molar refractivity (Wildman–Crippen MR) is 104 cm³/mol. The zero-order valence-electron chi connectivity index (χ0n) is 15.3. The van der Waals surface area contributed by atoms with E-state index in [9.17, 15) is 19.7 Å². The van der Waals surface area contributed by atoms with Gasteiger partial charge in [0.1, 0.15) is 5.54 Å². The maximum Gasteiger partial charge on any atom is 0.326 e. The van der Waals surface area contributed by atoms with E-state index in [2.05, 4.69) is 16.3 Å². The second kappa shape index (κ2) is 6.99. The number of nitrogens with one attached hydrogen (secondary N) is 1. The number of amides is 3. The van der Waals surface area contributed by atoms with E-state index in [0.717, 1.165) is 19.4 Å². The molecule has 3 heterocycles. The number of likely N-dealkylation sites (tertiary alicyclic amines) is 1. The van der Waals surface area contributed by atoms with Gasteiger partial charge in [0, 0.05) is 29.6 Å². The average Bonchev–Trinajstić information content (AvgIpc) is 3.40. The van der Waals surface area contributed by atoms with Gasteiger partial charge < -0.3 is 5.32 Å². The molecule has 146 valence electrons. The summed E-state index contributed by atoms with van der Waals surface area (Å²) in [6.07, 6.45) is 2.02. The van der Waals surface area contributed by atoms with E-state index in [0.29, 0.717) is 5.56 Å². The van der Waals surface area contributed by atoms with Gasteiger partial charge >= 0.3 is 6.03 Å². The molecule has 1 N–H and O–H groups in total. The number of nitro groups is 1. The molecule has 0 radical (unpaired) electrons. The van der Waals surface area contributed by atoms with E-state index in [1.54, 1.807) is 18.3 Å². The van der Waals surface area contributed by atoms with Crippen LogP contribution in [0.15, 0.2) is 41.8 Å². The Balaban J connectivity index is 1.54. The van der Waals surface area contributed by atoms with Gasteiger partial charge in [0.2, 0.25) is 0 Å². The minimum Gasteiger partial charge on any atom is -0.319 e. The molecular formula is C19H20N4O4S. The molecule has 0 saturated carbocycles. The molecule has 0 spiro atoms. The Morgan fingerprint density at radius 3 is 2.68 bits per heavy atom. The maximum absolute atomic E-state index is 13.1. The van der Waals surface area contributed by atoms with Crippen molar-refractivity contribution in [3.63, 3.8) is 0 Å². The molecular weight excluding hydrogens is 380 g/mol. The molecule has 2 saturated heterocycles. The van der Waals surface area contributed by atoms with Crippen molar-refractivity contribution in [3.8, 4) is 0 Å². The second-order valence-corrected chi connectivity index (χ2v) is 8.20. The number of nitrogens with zero attached hydrogens (tertiary/aromatic N) is 3. The zero-order valence-corrected chi connectivity index (χ0v) is 16.1. The van der Waals surface area contributed by atoms with E-state index < -0.39 is 16.5 Å². The zero-order chi connectivity index (χ0) is 19.9. The van der Waals surface area contributed by atoms with Crippen LogP contribution in [0, 0.1) is 10.1 Å². The third-order valence-electron chi connectivity index (χ3n) is 5.49. The van der Waals surface area contributed by atoms with Gasteiger partial charge in [0.05, 0.1) is 11.6 Å². The third-order valence-corrected chi connectivity index (χ3v) is 6.46. The summed E-state index contributed by atoms with van der Waals surface area (Å²) in [5, 5.41) is 15.7. The molecule has 2 aromatic rings. The number of carbonyl (C=O) groups excluding carboxylic acids is 2. The summed E-state index contributed by atoms with van der Waals surface area (Å²) in [4.78, 5) is 40.7. The fourth-order valence-electron chi connectivity index (χ4n) is 3.92. The number of carbonyl (C=O) groups is 2. The molecule has 0 bridgehead atoms. The molecule has 1 aromatic heterocycles. The van der Waals surface area contributed by atoms with Crippen LogP contribution >= 0.6 is 11.3 Å². The molecule has 2 aliphatic rings. The highest BCUT2D eigenvalue weighted by molar-refractivity contribution is 7.10. The number of urea groups is 1. The predicted octanol–water partition coefficient (Wildman–Crippen LogP) is 3.22. The second-order valence-electron chi connectivity index (χ2n) is 7.22. The Labute approximate surface area is 165 Å². The number of rotatable bonds is 5. The summed E-state index contributed by atoms with van der Waals surface area (Å²) >= 11 is 1.68. The lowest BCUT2D eigenvalue weighted by molar-refractivity contribution is -0.384. The normalized spacial score (nSPS) is 25.3. The molecule has 4 rings (SSSR count). The van der Waals surface area contributed by atoms with Crippen LogP contribution < -0.4 is 5.32 Å². The number of nitro benzene ring substituents is 1. The summed E-state index contributed by atoms with van der Waals surface area (Å²) in [5.41, 5.74) is -0.767. The van der Waals surface area contributed by atoms with Crippen LogP contribution in [0.5, 0.6) is 0 Å². The first-order valence-electron chi connectivity index (χ1n) is 9.06. The largest absolute Gasteiger partial charge is 0.326 e. The van der Waals surface area contributed by atoms with Crippen molar-refractivity contribution in [2.24, 2.45) is 0 Å². The number of hydrogen-bond acceptors (Lipinski definition) is 6. The summed E-state index contributed by atoms with van der Waals surface area (Å²) in [7, 11) is 0. The van der Waals surface area contributed by atoms with Crippen LogP contribution in [-0.4, -0.2) is 39.9 Å². The Bertz CT molecular complexity index is 915. The SMILES string of the molecule is C[C@]1(c2ccc([N+](=O)[O-])cc2)NC(=O)N(CN2CCC[C@@H]2c2cccs2)C1=O. The fourth-order valence-corrected chi connectivity index (χ4v) is 4.81. The van der Waals surface area contributed by atoms with Gasteiger partial charge in [-0.1, -0.05) is 6.07 Å². The summed E-state index contributed by atoms with van der Waals surface area (Å²) < 4.78 is 0. The highest BCUT2D eigenvalue weighted by Crippen LogP contribution is 2.36. The third kappa shape index (κ3) is 3.06. The van der Waals surface area contributed by atoms with Gasteiger partial charge in [0.15, 0.2) is 0 Å². The minimum absolute atomic E-state index is 0.0585. The van der Waals surface area contributed by atoms with Crippen molar-refractivity contribution in [1.29, 1.82) is 0 Å². The van der Waals surface area contributed by atoms with Gasteiger partial charge in [-0.2, -0.15) is 0 Å². The number of hydrogen-bond donors (Lipinski definition) is 1. The van der Waals surface area contributed by atoms with E-state index in [1.807, 2.05) is 11.4 Å². The lowest BCUT2D eigenvalue weighted by Crippen LogP contribution is -2.43. The molecule has 8 nitrogen and oxygen atoms in total. The number of thiophene rings is 1. The lowest BCUT2D eigenvalue weighted by Gasteiger charge is -2.28. The highest BCUT2D eigenvalue weighted by atomic mass is 32.1. The number of benzene rings is 1. The molecule has 9 heteroatoms. The van der Waals surface area contributed by atoms with E-state index in [4.69, 9.17) is 0 Å². The first kappa shape index (κ1) is 18.6. The molecule has 1 aromatic carbocycles. The monoisotopic (exact) mass is 400 g/mol. The lowest BCUT2D eigenvalue weighted by atomic mass is 9.92. The van der Waals surface area contributed by atoms with Gasteiger partial charge in [-0.25, -0.2) is 9.69 Å². The molecule has 28 heavy (non-hydrogen) atoms. The number of imide groups is 1. The van der Waals surface area contributed by atoms with Crippen LogP contribution in [0.4, 0.5) is 10.5 Å². The van der Waals surface area contributed by atoms with Crippen LogP contribution in [0.1, 0.15) is 36.2 Å². The average molecular weight is 400 g/mol. The van der Waals surface area contributed by atoms with Gasteiger partial charge in [-0.15, -0.1) is 11.3 Å². The number of non-ortho nitro benzene ring substituents is 1. The Morgan fingerprint density at radius 2 is 2.04 bits per heavy atom. The van der Waals surface area contributed by atoms with Crippen LogP contribution in [0.25, 0.3) is 0 Å². The molecule has 0 unspecified atom stereocenters. The molecule has 3 amide bonds. The van der Waals surface area contributed by atoms with Crippen molar-refractivity contribution in [3.05, 3.63) is 62.3 Å². The quantitative estimate of drug-likeness (QED) is 0.472.